The first-order valence-corrected chi connectivity index (χ1v) is 8.87. The number of benzene rings is 1. The van der Waals surface area contributed by atoms with E-state index in [1.54, 1.807) is 24.4 Å². The van der Waals surface area contributed by atoms with Crippen molar-refractivity contribution in [1.29, 1.82) is 0 Å². The van der Waals surface area contributed by atoms with E-state index in [1.165, 1.54) is 17.4 Å². The van der Waals surface area contributed by atoms with Gasteiger partial charge >= 0.3 is 0 Å². The Kier molecular flexibility index (Phi) is 5.77. The van der Waals surface area contributed by atoms with Crippen LogP contribution in [-0.2, 0) is 4.79 Å². The van der Waals surface area contributed by atoms with Crippen molar-refractivity contribution >= 4 is 22.4 Å². The van der Waals surface area contributed by atoms with Gasteiger partial charge in [0.25, 0.3) is 0 Å². The molecule has 1 saturated heterocycles. The van der Waals surface area contributed by atoms with E-state index < -0.39 is 0 Å². The number of hydrogen-bond acceptors (Lipinski definition) is 5. The molecule has 1 aliphatic heterocycles. The molecule has 24 heavy (non-hydrogen) atoms. The summed E-state index contributed by atoms with van der Waals surface area (Å²) in [4.78, 5) is 18.2. The molecule has 3 rings (SSSR count). The summed E-state index contributed by atoms with van der Waals surface area (Å²) in [6.45, 7) is 2.47. The first-order valence-electron chi connectivity index (χ1n) is 8.00. The lowest BCUT2D eigenvalue weighted by Crippen LogP contribution is -2.42. The number of nitrogens with zero attached hydrogens (tertiary/aromatic N) is 2. The number of hydrogen-bond donors (Lipinski definition) is 1. The SMILES string of the molecule is O=C(CN1CCC[C@@H](COc2ccccc2F)C1)Nc1nccs1. The van der Waals surface area contributed by atoms with E-state index in [0.29, 0.717) is 24.2 Å². The van der Waals surface area contributed by atoms with Crippen LogP contribution < -0.4 is 10.1 Å². The lowest BCUT2D eigenvalue weighted by Gasteiger charge is -2.32. The topological polar surface area (TPSA) is 54.5 Å². The zero-order valence-electron chi connectivity index (χ0n) is 13.3. The van der Waals surface area contributed by atoms with Crippen LogP contribution in [0.3, 0.4) is 0 Å². The summed E-state index contributed by atoms with van der Waals surface area (Å²) in [6, 6.07) is 6.43. The third kappa shape index (κ3) is 4.75. The largest absolute Gasteiger partial charge is 0.490 e. The normalized spacial score (nSPS) is 18.3. The van der Waals surface area contributed by atoms with Gasteiger partial charge in [-0.25, -0.2) is 9.37 Å². The van der Waals surface area contributed by atoms with Gasteiger partial charge in [0.1, 0.15) is 0 Å². The van der Waals surface area contributed by atoms with E-state index in [2.05, 4.69) is 15.2 Å². The molecule has 1 N–H and O–H groups in total. The van der Waals surface area contributed by atoms with Crippen molar-refractivity contribution in [2.45, 2.75) is 12.8 Å². The maximum absolute atomic E-state index is 13.6. The van der Waals surface area contributed by atoms with E-state index in [-0.39, 0.29) is 17.5 Å². The third-order valence-corrected chi connectivity index (χ3v) is 4.65. The molecule has 0 aliphatic carbocycles. The Balaban J connectivity index is 1.45. The second-order valence-corrected chi connectivity index (χ2v) is 6.76. The Bertz CT molecular complexity index is 666. The molecule has 2 heterocycles. The number of ether oxygens (including phenoxy) is 1. The van der Waals surface area contributed by atoms with Gasteiger partial charge in [-0.1, -0.05) is 12.1 Å². The molecule has 1 fully saturated rings. The molecule has 1 aliphatic rings. The number of anilines is 1. The number of carbonyl (C=O) groups excluding carboxylic acids is 1. The monoisotopic (exact) mass is 349 g/mol. The molecule has 0 spiro atoms. The minimum absolute atomic E-state index is 0.0550. The summed E-state index contributed by atoms with van der Waals surface area (Å²) in [5, 5.41) is 5.24. The number of amides is 1. The number of likely N-dealkylation sites (tertiary alicyclic amines) is 1. The highest BCUT2D eigenvalue weighted by Crippen LogP contribution is 2.21. The number of nitrogens with one attached hydrogen (secondary N) is 1. The van der Waals surface area contributed by atoms with Crippen LogP contribution in [0.5, 0.6) is 5.75 Å². The van der Waals surface area contributed by atoms with Gasteiger partial charge in [0.05, 0.1) is 13.2 Å². The van der Waals surface area contributed by atoms with E-state index in [1.807, 2.05) is 5.38 Å². The Labute approximate surface area is 144 Å². The molecule has 0 unspecified atom stereocenters. The average Bonchev–Trinajstić information content (AvgIpc) is 3.07. The number of rotatable bonds is 6. The first-order chi connectivity index (χ1) is 11.7. The van der Waals surface area contributed by atoms with Crippen LogP contribution in [-0.4, -0.2) is 42.0 Å². The van der Waals surface area contributed by atoms with Crippen molar-refractivity contribution in [3.8, 4) is 5.75 Å². The molecule has 1 atom stereocenters. The molecule has 128 valence electrons. The summed E-state index contributed by atoms with van der Waals surface area (Å²) in [5.41, 5.74) is 0. The van der Waals surface area contributed by atoms with Gasteiger partial charge in [-0.3, -0.25) is 9.69 Å². The maximum Gasteiger partial charge on any atom is 0.240 e. The van der Waals surface area contributed by atoms with Gasteiger partial charge in [-0.15, -0.1) is 11.3 Å². The zero-order chi connectivity index (χ0) is 16.8. The lowest BCUT2D eigenvalue weighted by molar-refractivity contribution is -0.117. The molecule has 0 bridgehead atoms. The smallest absolute Gasteiger partial charge is 0.240 e. The molecular weight excluding hydrogens is 329 g/mol. The number of thiazole rings is 1. The number of para-hydroxylation sites is 1. The fraction of sp³-hybridized carbons (Fsp3) is 0.412. The molecule has 7 heteroatoms. The van der Waals surface area contributed by atoms with Crippen LogP contribution in [0.25, 0.3) is 0 Å². The summed E-state index contributed by atoms with van der Waals surface area (Å²) in [7, 11) is 0. The van der Waals surface area contributed by atoms with Crippen molar-refractivity contribution < 1.29 is 13.9 Å². The van der Waals surface area contributed by atoms with Crippen LogP contribution in [0.2, 0.25) is 0 Å². The van der Waals surface area contributed by atoms with Gasteiger partial charge in [0.2, 0.25) is 5.91 Å². The predicted molar refractivity (Wildman–Crippen MR) is 91.8 cm³/mol. The number of aromatic nitrogens is 1. The maximum atomic E-state index is 13.6. The Morgan fingerprint density at radius 1 is 1.46 bits per heavy atom. The summed E-state index contributed by atoms with van der Waals surface area (Å²) in [5.74, 6) is 0.191. The summed E-state index contributed by atoms with van der Waals surface area (Å²) in [6.07, 6.45) is 3.70. The van der Waals surface area contributed by atoms with Crippen LogP contribution in [0.15, 0.2) is 35.8 Å². The lowest BCUT2D eigenvalue weighted by atomic mass is 9.99. The fourth-order valence-electron chi connectivity index (χ4n) is 2.85. The van der Waals surface area contributed by atoms with Gasteiger partial charge < -0.3 is 10.1 Å². The second kappa shape index (κ2) is 8.21. The number of halogens is 1. The molecule has 1 aromatic heterocycles. The highest BCUT2D eigenvalue weighted by molar-refractivity contribution is 7.13. The van der Waals surface area contributed by atoms with Crippen LogP contribution in [0, 0.1) is 11.7 Å². The van der Waals surface area contributed by atoms with Gasteiger partial charge in [-0.05, 0) is 31.5 Å². The van der Waals surface area contributed by atoms with Crippen molar-refractivity contribution in [1.82, 2.24) is 9.88 Å². The molecule has 5 nitrogen and oxygen atoms in total. The van der Waals surface area contributed by atoms with Crippen LogP contribution in [0.4, 0.5) is 9.52 Å². The Morgan fingerprint density at radius 3 is 3.12 bits per heavy atom. The second-order valence-electron chi connectivity index (χ2n) is 5.87. The van der Waals surface area contributed by atoms with Crippen LogP contribution in [0.1, 0.15) is 12.8 Å². The van der Waals surface area contributed by atoms with Crippen molar-refractivity contribution in [2.75, 3.05) is 31.6 Å². The first kappa shape index (κ1) is 16.9. The average molecular weight is 349 g/mol. The van der Waals surface area contributed by atoms with Gasteiger partial charge in [-0.2, -0.15) is 0 Å². The van der Waals surface area contributed by atoms with E-state index in [9.17, 15) is 9.18 Å². The van der Waals surface area contributed by atoms with E-state index >= 15 is 0 Å². The third-order valence-electron chi connectivity index (χ3n) is 3.96. The predicted octanol–water partition coefficient (Wildman–Crippen LogP) is 3.01. The molecule has 2 aromatic rings. The molecule has 0 radical (unpaired) electrons. The highest BCUT2D eigenvalue weighted by atomic mass is 32.1. The minimum atomic E-state index is -0.340. The van der Waals surface area contributed by atoms with Crippen molar-refractivity contribution in [3.63, 3.8) is 0 Å². The van der Waals surface area contributed by atoms with Crippen molar-refractivity contribution in [3.05, 3.63) is 41.7 Å². The van der Waals surface area contributed by atoms with Crippen molar-refractivity contribution in [2.24, 2.45) is 5.92 Å². The number of piperidine rings is 1. The van der Waals surface area contributed by atoms with E-state index in [4.69, 9.17) is 4.74 Å². The summed E-state index contributed by atoms with van der Waals surface area (Å²) >= 11 is 1.40. The zero-order valence-corrected chi connectivity index (χ0v) is 14.1. The van der Waals surface area contributed by atoms with Gasteiger partial charge in [0.15, 0.2) is 16.7 Å². The van der Waals surface area contributed by atoms with Crippen LogP contribution >= 0.6 is 11.3 Å². The fourth-order valence-corrected chi connectivity index (χ4v) is 3.39. The molecule has 0 saturated carbocycles. The number of carbonyl (C=O) groups is 1. The molecular formula is C17H20FN3O2S. The molecule has 1 amide bonds. The minimum Gasteiger partial charge on any atom is -0.490 e. The quantitative estimate of drug-likeness (QED) is 0.871. The molecule has 1 aromatic carbocycles. The van der Waals surface area contributed by atoms with E-state index in [0.717, 1.165) is 25.9 Å². The highest BCUT2D eigenvalue weighted by Gasteiger charge is 2.22. The Morgan fingerprint density at radius 2 is 2.33 bits per heavy atom. The van der Waals surface area contributed by atoms with Gasteiger partial charge in [0, 0.05) is 24.0 Å². The standard InChI is InChI=1S/C17H20FN3O2S/c18-14-5-1-2-6-15(14)23-12-13-4-3-8-21(10-13)11-16(22)20-17-19-7-9-24-17/h1-2,5-7,9,13H,3-4,8,10-12H2,(H,19,20,22)/t13-/m1/s1. The Hall–Kier alpha value is -1.99. The summed E-state index contributed by atoms with van der Waals surface area (Å²) < 4.78 is 19.2.